The minimum absolute atomic E-state index is 0.158. The number of hydrogen-bond acceptors (Lipinski definition) is 4. The Morgan fingerprint density at radius 3 is 2.34 bits per heavy atom. The Balaban J connectivity index is 1.78. The van der Waals surface area contributed by atoms with Crippen molar-refractivity contribution in [2.45, 2.75) is 18.4 Å². The van der Waals surface area contributed by atoms with Crippen LogP contribution in [-0.4, -0.2) is 21.4 Å². The van der Waals surface area contributed by atoms with Crippen LogP contribution in [0.3, 0.4) is 0 Å². The van der Waals surface area contributed by atoms with Crippen molar-refractivity contribution in [1.82, 2.24) is 5.32 Å². The summed E-state index contributed by atoms with van der Waals surface area (Å²) >= 11 is 0. The molecular weight excluding hydrogens is 388 g/mol. The summed E-state index contributed by atoms with van der Waals surface area (Å²) in [6, 6.07) is 20.5. The summed E-state index contributed by atoms with van der Waals surface area (Å²) in [5, 5.41) is 2.86. The SMILES string of the molecule is COc1ccccc1CNC(=O)c1cccc(NS(=O)(=O)c2ccccc2)c1C. The summed E-state index contributed by atoms with van der Waals surface area (Å²) in [4.78, 5) is 12.9. The van der Waals surface area contributed by atoms with Gasteiger partial charge in [0.15, 0.2) is 0 Å². The fraction of sp³-hybridized carbons (Fsp3) is 0.136. The smallest absolute Gasteiger partial charge is 0.261 e. The molecule has 0 saturated carbocycles. The minimum Gasteiger partial charge on any atom is -0.496 e. The number of methoxy groups -OCH3 is 1. The highest BCUT2D eigenvalue weighted by Gasteiger charge is 2.18. The van der Waals surface area contributed by atoms with Crippen LogP contribution >= 0.6 is 0 Å². The molecule has 0 radical (unpaired) electrons. The molecule has 3 aromatic rings. The van der Waals surface area contributed by atoms with E-state index in [0.29, 0.717) is 29.1 Å². The molecule has 150 valence electrons. The molecule has 7 heteroatoms. The van der Waals surface area contributed by atoms with Crippen molar-refractivity contribution in [2.75, 3.05) is 11.8 Å². The zero-order valence-corrected chi connectivity index (χ0v) is 17.0. The topological polar surface area (TPSA) is 84.5 Å². The van der Waals surface area contributed by atoms with Gasteiger partial charge in [-0.25, -0.2) is 8.42 Å². The van der Waals surface area contributed by atoms with Gasteiger partial charge < -0.3 is 10.1 Å². The molecule has 0 fully saturated rings. The molecule has 1 amide bonds. The summed E-state index contributed by atoms with van der Waals surface area (Å²) in [7, 11) is -2.16. The van der Waals surface area contributed by atoms with E-state index in [4.69, 9.17) is 4.74 Å². The average molecular weight is 410 g/mol. The number of benzene rings is 3. The van der Waals surface area contributed by atoms with Crippen LogP contribution in [0.15, 0.2) is 77.7 Å². The molecule has 0 saturated heterocycles. The third kappa shape index (κ3) is 4.75. The van der Waals surface area contributed by atoms with Crippen molar-refractivity contribution >= 4 is 21.6 Å². The number of para-hydroxylation sites is 1. The van der Waals surface area contributed by atoms with Crippen LogP contribution in [0.2, 0.25) is 0 Å². The first-order chi connectivity index (χ1) is 13.9. The molecule has 0 aliphatic carbocycles. The molecule has 3 aromatic carbocycles. The van der Waals surface area contributed by atoms with Gasteiger partial charge in [-0.05, 0) is 42.8 Å². The second-order valence-corrected chi connectivity index (χ2v) is 8.07. The van der Waals surface area contributed by atoms with Crippen molar-refractivity contribution in [3.05, 3.63) is 89.5 Å². The van der Waals surface area contributed by atoms with Gasteiger partial charge in [-0.3, -0.25) is 9.52 Å². The van der Waals surface area contributed by atoms with Crippen molar-refractivity contribution in [3.63, 3.8) is 0 Å². The van der Waals surface area contributed by atoms with Gasteiger partial charge in [-0.15, -0.1) is 0 Å². The molecule has 0 unspecified atom stereocenters. The fourth-order valence-electron chi connectivity index (χ4n) is 2.92. The molecule has 0 spiro atoms. The maximum Gasteiger partial charge on any atom is 0.261 e. The quantitative estimate of drug-likeness (QED) is 0.622. The molecule has 2 N–H and O–H groups in total. The first-order valence-electron chi connectivity index (χ1n) is 9.00. The van der Waals surface area contributed by atoms with E-state index in [1.807, 2.05) is 24.3 Å². The molecule has 0 atom stereocenters. The zero-order chi connectivity index (χ0) is 20.9. The second-order valence-electron chi connectivity index (χ2n) is 6.39. The molecule has 0 heterocycles. The summed E-state index contributed by atoms with van der Waals surface area (Å²) in [6.45, 7) is 2.00. The standard InChI is InChI=1S/C22H22N2O4S/c1-16-19(22(25)23-15-17-9-6-7-14-21(17)28-2)12-8-13-20(16)24-29(26,27)18-10-4-3-5-11-18/h3-14,24H,15H2,1-2H3,(H,23,25). The number of sulfonamides is 1. The monoisotopic (exact) mass is 410 g/mol. The van der Waals surface area contributed by atoms with Crippen LogP contribution in [0.1, 0.15) is 21.5 Å². The Bertz CT molecular complexity index is 1110. The largest absolute Gasteiger partial charge is 0.496 e. The van der Waals surface area contributed by atoms with Crippen molar-refractivity contribution in [1.29, 1.82) is 0 Å². The predicted molar refractivity (Wildman–Crippen MR) is 113 cm³/mol. The van der Waals surface area contributed by atoms with Crippen LogP contribution < -0.4 is 14.8 Å². The normalized spacial score (nSPS) is 11.0. The Labute approximate surface area is 170 Å². The maximum absolute atomic E-state index is 12.7. The highest BCUT2D eigenvalue weighted by Crippen LogP contribution is 2.23. The molecule has 3 rings (SSSR count). The van der Waals surface area contributed by atoms with E-state index in [1.54, 1.807) is 50.4 Å². The summed E-state index contributed by atoms with van der Waals surface area (Å²) in [6.07, 6.45) is 0. The first-order valence-corrected chi connectivity index (χ1v) is 10.5. The number of anilines is 1. The number of rotatable bonds is 7. The highest BCUT2D eigenvalue weighted by atomic mass is 32.2. The van der Waals surface area contributed by atoms with Crippen LogP contribution in [-0.2, 0) is 16.6 Å². The van der Waals surface area contributed by atoms with Crippen molar-refractivity contribution in [2.24, 2.45) is 0 Å². The van der Waals surface area contributed by atoms with Gasteiger partial charge in [-0.1, -0.05) is 42.5 Å². The predicted octanol–water partition coefficient (Wildman–Crippen LogP) is 3.73. The average Bonchev–Trinajstić information content (AvgIpc) is 2.74. The minimum atomic E-state index is -3.74. The van der Waals surface area contributed by atoms with E-state index in [1.165, 1.54) is 12.1 Å². The summed E-state index contributed by atoms with van der Waals surface area (Å²) < 4.78 is 33.0. The van der Waals surface area contributed by atoms with Crippen molar-refractivity contribution < 1.29 is 17.9 Å². The Hall–Kier alpha value is -3.32. The van der Waals surface area contributed by atoms with E-state index in [9.17, 15) is 13.2 Å². The maximum atomic E-state index is 12.7. The van der Waals surface area contributed by atoms with Gasteiger partial charge in [0, 0.05) is 17.7 Å². The van der Waals surface area contributed by atoms with Crippen molar-refractivity contribution in [3.8, 4) is 5.75 Å². The molecule has 0 aliphatic heterocycles. The van der Waals surface area contributed by atoms with E-state index < -0.39 is 10.0 Å². The molecular formula is C22H22N2O4S. The Morgan fingerprint density at radius 1 is 0.931 bits per heavy atom. The van der Waals surface area contributed by atoms with Crippen LogP contribution in [0, 0.1) is 6.92 Å². The molecule has 29 heavy (non-hydrogen) atoms. The van der Waals surface area contributed by atoms with Crippen LogP contribution in [0.25, 0.3) is 0 Å². The Kier molecular flexibility index (Phi) is 6.19. The van der Waals surface area contributed by atoms with E-state index >= 15 is 0 Å². The van der Waals surface area contributed by atoms with Crippen LogP contribution in [0.5, 0.6) is 5.75 Å². The van der Waals surface area contributed by atoms with E-state index in [2.05, 4.69) is 10.0 Å². The number of carbonyl (C=O) groups is 1. The number of amides is 1. The number of ether oxygens (including phenoxy) is 1. The van der Waals surface area contributed by atoms with Crippen LogP contribution in [0.4, 0.5) is 5.69 Å². The third-order valence-electron chi connectivity index (χ3n) is 4.51. The molecule has 6 nitrogen and oxygen atoms in total. The number of nitrogens with one attached hydrogen (secondary N) is 2. The lowest BCUT2D eigenvalue weighted by Gasteiger charge is -2.14. The van der Waals surface area contributed by atoms with Gasteiger partial charge in [0.25, 0.3) is 15.9 Å². The number of hydrogen-bond donors (Lipinski definition) is 2. The van der Waals surface area contributed by atoms with E-state index in [-0.39, 0.29) is 10.8 Å². The van der Waals surface area contributed by atoms with E-state index in [0.717, 1.165) is 5.56 Å². The van der Waals surface area contributed by atoms with Gasteiger partial charge in [0.2, 0.25) is 0 Å². The molecule has 0 bridgehead atoms. The molecule has 0 aromatic heterocycles. The number of carbonyl (C=O) groups excluding carboxylic acids is 1. The van der Waals surface area contributed by atoms with Gasteiger partial charge >= 0.3 is 0 Å². The van der Waals surface area contributed by atoms with Gasteiger partial charge in [0.1, 0.15) is 5.75 Å². The Morgan fingerprint density at radius 2 is 1.62 bits per heavy atom. The highest BCUT2D eigenvalue weighted by molar-refractivity contribution is 7.92. The molecule has 0 aliphatic rings. The lowest BCUT2D eigenvalue weighted by atomic mass is 10.1. The summed E-state index contributed by atoms with van der Waals surface area (Å²) in [5.41, 5.74) is 2.15. The first kappa shape index (κ1) is 20.4. The van der Waals surface area contributed by atoms with Gasteiger partial charge in [-0.2, -0.15) is 0 Å². The summed E-state index contributed by atoms with van der Waals surface area (Å²) in [5.74, 6) is 0.392. The fourth-order valence-corrected chi connectivity index (χ4v) is 4.06. The lowest BCUT2D eigenvalue weighted by Crippen LogP contribution is -2.24. The zero-order valence-electron chi connectivity index (χ0n) is 16.2. The third-order valence-corrected chi connectivity index (χ3v) is 5.89. The van der Waals surface area contributed by atoms with Gasteiger partial charge in [0.05, 0.1) is 17.7 Å². The second kappa shape index (κ2) is 8.79. The lowest BCUT2D eigenvalue weighted by molar-refractivity contribution is 0.0950.